The molecule has 206 valence electrons. The third-order valence-corrected chi connectivity index (χ3v) is 6.08. The molecule has 0 unspecified atom stereocenters. The molecule has 0 bridgehead atoms. The smallest absolute Gasteiger partial charge is 0.407 e. The molecule has 0 radical (unpaired) electrons. The number of amides is 3. The van der Waals surface area contributed by atoms with E-state index in [1.807, 2.05) is 36.4 Å². The molecule has 11 heteroatoms. The number of alkyl carbamates (subject to hydrolysis) is 2. The van der Waals surface area contributed by atoms with Gasteiger partial charge in [-0.05, 0) is 55.9 Å². The number of benzene rings is 2. The number of carbonyl (C=O) groups is 3. The van der Waals surface area contributed by atoms with E-state index in [4.69, 9.17) is 19.6 Å². The van der Waals surface area contributed by atoms with Crippen molar-refractivity contribution in [2.24, 2.45) is 5.73 Å². The highest BCUT2D eigenvalue weighted by Crippen LogP contribution is 2.44. The van der Waals surface area contributed by atoms with E-state index in [2.05, 4.69) is 33.0 Å². The zero-order chi connectivity index (χ0) is 28.0. The fraction of sp³-hybridized carbons (Fsp3) is 0.393. The summed E-state index contributed by atoms with van der Waals surface area (Å²) in [5.41, 5.74) is 9.07. The van der Waals surface area contributed by atoms with Gasteiger partial charge in [0.15, 0.2) is 0 Å². The van der Waals surface area contributed by atoms with E-state index in [9.17, 15) is 14.4 Å². The van der Waals surface area contributed by atoms with Gasteiger partial charge in [-0.1, -0.05) is 48.5 Å². The van der Waals surface area contributed by atoms with Crippen molar-refractivity contribution in [1.82, 2.24) is 20.8 Å². The Morgan fingerprint density at radius 1 is 1.00 bits per heavy atom. The molecule has 3 amide bonds. The maximum atomic E-state index is 12.9. The van der Waals surface area contributed by atoms with Gasteiger partial charge in [-0.25, -0.2) is 9.59 Å². The molecule has 1 aliphatic rings. The van der Waals surface area contributed by atoms with E-state index in [0.717, 1.165) is 22.3 Å². The summed E-state index contributed by atoms with van der Waals surface area (Å²) in [6.45, 7) is 5.77. The van der Waals surface area contributed by atoms with Crippen molar-refractivity contribution >= 4 is 18.1 Å². The fourth-order valence-electron chi connectivity index (χ4n) is 4.48. The van der Waals surface area contributed by atoms with Crippen LogP contribution in [0.2, 0.25) is 0 Å². The summed E-state index contributed by atoms with van der Waals surface area (Å²) in [6.07, 6.45) is -0.605. The number of hydrogen-bond donors (Lipinski definition) is 3. The maximum absolute atomic E-state index is 12.9. The van der Waals surface area contributed by atoms with Gasteiger partial charge < -0.3 is 30.3 Å². The lowest BCUT2D eigenvalue weighted by Crippen LogP contribution is -2.34. The van der Waals surface area contributed by atoms with Crippen LogP contribution in [0.1, 0.15) is 68.5 Å². The minimum Gasteiger partial charge on any atom is -0.449 e. The molecule has 0 fully saturated rings. The van der Waals surface area contributed by atoms with E-state index in [0.29, 0.717) is 19.4 Å². The Kier molecular flexibility index (Phi) is 8.48. The van der Waals surface area contributed by atoms with E-state index in [1.165, 1.54) is 0 Å². The molecule has 1 heterocycles. The van der Waals surface area contributed by atoms with Gasteiger partial charge >= 0.3 is 12.2 Å². The quantitative estimate of drug-likeness (QED) is 0.329. The average Bonchev–Trinajstić information content (AvgIpc) is 3.45. The Balaban J connectivity index is 1.39. The third-order valence-electron chi connectivity index (χ3n) is 6.08. The summed E-state index contributed by atoms with van der Waals surface area (Å²) in [7, 11) is 0. The Morgan fingerprint density at radius 2 is 1.64 bits per heavy atom. The molecular formula is C28H33N5O6. The number of carbonyl (C=O) groups excluding carboxylic acids is 3. The van der Waals surface area contributed by atoms with Crippen molar-refractivity contribution in [2.45, 2.75) is 57.6 Å². The van der Waals surface area contributed by atoms with Crippen LogP contribution < -0.4 is 16.4 Å². The monoisotopic (exact) mass is 535 g/mol. The minimum atomic E-state index is -0.713. The lowest BCUT2D eigenvalue weighted by molar-refractivity contribution is -0.117. The van der Waals surface area contributed by atoms with Crippen LogP contribution in [-0.2, 0) is 20.7 Å². The molecule has 11 nitrogen and oxygen atoms in total. The highest BCUT2D eigenvalue weighted by Gasteiger charge is 2.30. The highest BCUT2D eigenvalue weighted by atomic mass is 16.6. The molecule has 3 aromatic rings. The second-order valence-corrected chi connectivity index (χ2v) is 10.3. The molecule has 4 N–H and O–H groups in total. The lowest BCUT2D eigenvalue weighted by atomic mass is 9.98. The standard InChI is InChI=1S/C28H33N5O6/c1-28(2,3)39-26(35)30-14-8-13-22(25-33-32-24(38-25)15-23(29)34)31-27(36)37-16-21-19-11-6-4-9-17(19)18-10-5-7-12-20(18)21/h4-7,9-12,21-22H,8,13-16H2,1-3H3,(H2,29,34)(H,30,35)(H,31,36)/t22-/m0/s1. The Labute approximate surface area is 226 Å². The zero-order valence-corrected chi connectivity index (χ0v) is 22.2. The number of nitrogens with two attached hydrogens (primary N) is 1. The van der Waals surface area contributed by atoms with Crippen LogP contribution in [0, 0.1) is 0 Å². The molecule has 0 spiro atoms. The van der Waals surface area contributed by atoms with Gasteiger partial charge in [0.1, 0.15) is 24.7 Å². The van der Waals surface area contributed by atoms with Crippen molar-refractivity contribution < 1.29 is 28.3 Å². The lowest BCUT2D eigenvalue weighted by Gasteiger charge is -2.20. The predicted molar refractivity (Wildman–Crippen MR) is 142 cm³/mol. The van der Waals surface area contributed by atoms with Crippen molar-refractivity contribution in [1.29, 1.82) is 0 Å². The maximum Gasteiger partial charge on any atom is 0.407 e. The summed E-state index contributed by atoms with van der Waals surface area (Å²) in [5.74, 6) is -0.557. The number of primary amides is 1. The first-order valence-electron chi connectivity index (χ1n) is 12.8. The van der Waals surface area contributed by atoms with Crippen molar-refractivity contribution in [3.05, 3.63) is 71.4 Å². The van der Waals surface area contributed by atoms with Crippen LogP contribution in [0.5, 0.6) is 0 Å². The second-order valence-electron chi connectivity index (χ2n) is 10.3. The molecule has 1 atom stereocenters. The van der Waals surface area contributed by atoms with Crippen LogP contribution in [0.15, 0.2) is 52.9 Å². The van der Waals surface area contributed by atoms with Gasteiger partial charge in [-0.3, -0.25) is 4.79 Å². The normalized spacial score (nSPS) is 13.2. The van der Waals surface area contributed by atoms with Gasteiger partial charge in [-0.15, -0.1) is 10.2 Å². The van der Waals surface area contributed by atoms with Crippen LogP contribution in [0.25, 0.3) is 11.1 Å². The Morgan fingerprint density at radius 3 is 2.26 bits per heavy atom. The molecule has 39 heavy (non-hydrogen) atoms. The number of aromatic nitrogens is 2. The molecular weight excluding hydrogens is 502 g/mol. The zero-order valence-electron chi connectivity index (χ0n) is 22.2. The molecule has 1 aromatic heterocycles. The molecule has 0 aliphatic heterocycles. The van der Waals surface area contributed by atoms with Gasteiger partial charge in [-0.2, -0.15) is 0 Å². The second kappa shape index (κ2) is 12.0. The number of nitrogens with zero attached hydrogens (tertiary/aromatic N) is 2. The van der Waals surface area contributed by atoms with Gasteiger partial charge in [0.2, 0.25) is 17.7 Å². The van der Waals surface area contributed by atoms with Crippen LogP contribution in [-0.4, -0.2) is 47.0 Å². The summed E-state index contributed by atoms with van der Waals surface area (Å²) >= 11 is 0. The largest absolute Gasteiger partial charge is 0.449 e. The topological polar surface area (TPSA) is 159 Å². The van der Waals surface area contributed by atoms with Crippen LogP contribution in [0.4, 0.5) is 9.59 Å². The first kappa shape index (κ1) is 27.6. The molecule has 0 saturated heterocycles. The number of hydrogen-bond acceptors (Lipinski definition) is 8. The van der Waals surface area contributed by atoms with Crippen LogP contribution in [0.3, 0.4) is 0 Å². The van der Waals surface area contributed by atoms with E-state index in [-0.39, 0.29) is 30.7 Å². The first-order chi connectivity index (χ1) is 18.6. The van der Waals surface area contributed by atoms with Crippen molar-refractivity contribution in [3.8, 4) is 11.1 Å². The van der Waals surface area contributed by atoms with E-state index < -0.39 is 29.7 Å². The Hall–Kier alpha value is -4.41. The van der Waals surface area contributed by atoms with E-state index >= 15 is 0 Å². The SMILES string of the molecule is CC(C)(C)OC(=O)NCCC[C@H](NC(=O)OCC1c2ccccc2-c2ccccc21)c1nnc(CC(N)=O)o1. The summed E-state index contributed by atoms with van der Waals surface area (Å²) < 4.78 is 16.5. The molecule has 1 aliphatic carbocycles. The summed E-state index contributed by atoms with van der Waals surface area (Å²) in [6, 6.07) is 15.4. The van der Waals surface area contributed by atoms with Crippen LogP contribution >= 0.6 is 0 Å². The first-order valence-corrected chi connectivity index (χ1v) is 12.8. The Bertz CT molecular complexity index is 1290. The number of fused-ring (bicyclic) bond motifs is 3. The molecule has 0 saturated carbocycles. The predicted octanol–water partition coefficient (Wildman–Crippen LogP) is 3.98. The molecule has 2 aromatic carbocycles. The molecule has 4 rings (SSSR count). The minimum absolute atomic E-state index is 0.0451. The number of ether oxygens (including phenoxy) is 2. The van der Waals surface area contributed by atoms with Gasteiger partial charge in [0, 0.05) is 12.5 Å². The highest BCUT2D eigenvalue weighted by molar-refractivity contribution is 5.79. The third kappa shape index (κ3) is 7.34. The van der Waals surface area contributed by atoms with Crippen molar-refractivity contribution in [3.63, 3.8) is 0 Å². The van der Waals surface area contributed by atoms with Gasteiger partial charge in [0.05, 0.1) is 0 Å². The number of rotatable bonds is 10. The van der Waals surface area contributed by atoms with E-state index in [1.54, 1.807) is 20.8 Å². The van der Waals surface area contributed by atoms with Crippen molar-refractivity contribution in [2.75, 3.05) is 13.2 Å². The summed E-state index contributed by atoms with van der Waals surface area (Å²) in [5, 5.41) is 13.3. The fourth-order valence-corrected chi connectivity index (χ4v) is 4.48. The van der Waals surface area contributed by atoms with Gasteiger partial charge in [0.25, 0.3) is 0 Å². The number of nitrogens with one attached hydrogen (secondary N) is 2. The average molecular weight is 536 g/mol. The summed E-state index contributed by atoms with van der Waals surface area (Å²) in [4.78, 5) is 36.1.